The summed E-state index contributed by atoms with van der Waals surface area (Å²) in [5.41, 5.74) is 3.41. The van der Waals surface area contributed by atoms with Crippen molar-refractivity contribution >= 4 is 23.4 Å². The Morgan fingerprint density at radius 3 is 1.18 bits per heavy atom. The van der Waals surface area contributed by atoms with Crippen molar-refractivity contribution in [3.05, 3.63) is 132 Å². The van der Waals surface area contributed by atoms with Gasteiger partial charge in [-0.25, -0.2) is 9.59 Å². The van der Waals surface area contributed by atoms with Gasteiger partial charge in [-0.15, -0.1) is 0 Å². The summed E-state index contributed by atoms with van der Waals surface area (Å²) in [6.07, 6.45) is -0.978. The van der Waals surface area contributed by atoms with E-state index in [-0.39, 0.29) is 25.2 Å². The number of amides is 4. The van der Waals surface area contributed by atoms with Gasteiger partial charge < -0.3 is 14.9 Å². The molecule has 40 heavy (non-hydrogen) atoms. The first-order chi connectivity index (χ1) is 19.4. The number of rotatable bonds is 10. The van der Waals surface area contributed by atoms with Crippen LogP contribution in [0.4, 0.5) is 21.0 Å². The number of nitrogens with zero attached hydrogens (tertiary/aromatic N) is 4. The minimum atomic E-state index is -0.978. The minimum absolute atomic E-state index is 0.0541. The first kappa shape index (κ1) is 28.4. The molecule has 4 aromatic carbocycles. The molecule has 0 saturated heterocycles. The Bertz CT molecular complexity index is 1230. The van der Waals surface area contributed by atoms with Gasteiger partial charge in [0, 0.05) is 38.6 Å². The van der Waals surface area contributed by atoms with E-state index in [4.69, 9.17) is 0 Å². The van der Waals surface area contributed by atoms with Gasteiger partial charge >= 0.3 is 12.1 Å². The zero-order valence-electron chi connectivity index (χ0n) is 23.0. The Kier molecular flexibility index (Phi) is 9.91. The Labute approximate surface area is 236 Å². The van der Waals surface area contributed by atoms with E-state index >= 15 is 0 Å². The van der Waals surface area contributed by atoms with Crippen molar-refractivity contribution in [1.29, 1.82) is 0 Å². The molecule has 0 radical (unpaired) electrons. The van der Waals surface area contributed by atoms with E-state index in [1.807, 2.05) is 121 Å². The predicted octanol–water partition coefficient (Wildman–Crippen LogP) is 5.86. The van der Waals surface area contributed by atoms with Crippen LogP contribution in [0, 0.1) is 0 Å². The molecule has 0 atom stereocenters. The van der Waals surface area contributed by atoms with E-state index in [1.165, 1.54) is 0 Å². The molecule has 0 aromatic heterocycles. The SMILES string of the molecule is CN(C(=O)N(Cc1ccccc1)CC(O)CN(Cc1ccccc1)C(=O)N(C)c1ccccc1)c1ccccc1. The van der Waals surface area contributed by atoms with Crippen LogP contribution in [0.5, 0.6) is 0 Å². The van der Waals surface area contributed by atoms with E-state index in [0.717, 1.165) is 22.5 Å². The number of carbonyl (C=O) groups excluding carboxylic acids is 2. The molecular formula is C33H36N4O3. The normalized spacial score (nSPS) is 10.7. The highest BCUT2D eigenvalue weighted by Gasteiger charge is 2.26. The number of anilines is 2. The van der Waals surface area contributed by atoms with Gasteiger partial charge in [0.1, 0.15) is 0 Å². The Hall–Kier alpha value is -4.62. The molecule has 0 saturated carbocycles. The van der Waals surface area contributed by atoms with Gasteiger partial charge in [0.15, 0.2) is 0 Å². The van der Waals surface area contributed by atoms with E-state index in [2.05, 4.69) is 0 Å². The number of para-hydroxylation sites is 2. The van der Waals surface area contributed by atoms with Crippen LogP contribution in [0.1, 0.15) is 11.1 Å². The van der Waals surface area contributed by atoms with Gasteiger partial charge in [-0.3, -0.25) is 9.80 Å². The predicted molar refractivity (Wildman–Crippen MR) is 160 cm³/mol. The summed E-state index contributed by atoms with van der Waals surface area (Å²) >= 11 is 0. The van der Waals surface area contributed by atoms with Gasteiger partial charge in [0.05, 0.1) is 19.2 Å². The lowest BCUT2D eigenvalue weighted by Crippen LogP contribution is -2.49. The van der Waals surface area contributed by atoms with E-state index in [1.54, 1.807) is 33.7 Å². The third kappa shape index (κ3) is 7.71. The van der Waals surface area contributed by atoms with Gasteiger partial charge in [-0.1, -0.05) is 97.1 Å². The molecular weight excluding hydrogens is 500 g/mol. The lowest BCUT2D eigenvalue weighted by atomic mass is 10.2. The number of benzene rings is 4. The van der Waals surface area contributed by atoms with Crippen molar-refractivity contribution < 1.29 is 14.7 Å². The van der Waals surface area contributed by atoms with Crippen LogP contribution in [0.3, 0.4) is 0 Å². The third-order valence-electron chi connectivity index (χ3n) is 6.70. The second-order valence-electron chi connectivity index (χ2n) is 9.74. The molecule has 7 heteroatoms. The van der Waals surface area contributed by atoms with Gasteiger partial charge in [-0.05, 0) is 35.4 Å². The summed E-state index contributed by atoms with van der Waals surface area (Å²) in [7, 11) is 3.45. The lowest BCUT2D eigenvalue weighted by Gasteiger charge is -2.33. The molecule has 0 bridgehead atoms. The highest BCUT2D eigenvalue weighted by Crippen LogP contribution is 2.18. The van der Waals surface area contributed by atoms with E-state index in [9.17, 15) is 14.7 Å². The summed E-state index contributed by atoms with van der Waals surface area (Å²) < 4.78 is 0. The van der Waals surface area contributed by atoms with Crippen LogP contribution in [-0.4, -0.2) is 60.3 Å². The van der Waals surface area contributed by atoms with Crippen LogP contribution >= 0.6 is 0 Å². The fraction of sp³-hybridized carbons (Fsp3) is 0.212. The zero-order valence-corrected chi connectivity index (χ0v) is 23.0. The lowest BCUT2D eigenvalue weighted by molar-refractivity contribution is 0.0892. The van der Waals surface area contributed by atoms with Crippen LogP contribution in [0.15, 0.2) is 121 Å². The summed E-state index contributed by atoms with van der Waals surface area (Å²) in [6, 6.07) is 37.7. The molecule has 4 amide bonds. The molecule has 4 rings (SSSR count). The third-order valence-corrected chi connectivity index (χ3v) is 6.70. The Morgan fingerprint density at radius 2 is 0.850 bits per heavy atom. The molecule has 4 aromatic rings. The molecule has 0 fully saturated rings. The Balaban J connectivity index is 1.54. The monoisotopic (exact) mass is 536 g/mol. The van der Waals surface area contributed by atoms with Crippen LogP contribution in [0.25, 0.3) is 0 Å². The second-order valence-corrected chi connectivity index (χ2v) is 9.74. The maximum atomic E-state index is 13.6. The number of hydrogen-bond donors (Lipinski definition) is 1. The average Bonchev–Trinajstić information content (AvgIpc) is 3.01. The first-order valence-corrected chi connectivity index (χ1v) is 13.3. The van der Waals surface area contributed by atoms with E-state index in [0.29, 0.717) is 13.1 Å². The van der Waals surface area contributed by atoms with Crippen molar-refractivity contribution in [3.63, 3.8) is 0 Å². The summed E-state index contributed by atoms with van der Waals surface area (Å²) in [5, 5.41) is 11.3. The topological polar surface area (TPSA) is 67.3 Å². The molecule has 0 heterocycles. The van der Waals surface area contributed by atoms with Crippen molar-refractivity contribution in [2.45, 2.75) is 19.2 Å². The maximum absolute atomic E-state index is 13.6. The summed E-state index contributed by atoms with van der Waals surface area (Å²) in [5.74, 6) is 0. The number of urea groups is 2. The largest absolute Gasteiger partial charge is 0.389 e. The molecule has 206 valence electrons. The van der Waals surface area contributed by atoms with Gasteiger partial charge in [-0.2, -0.15) is 0 Å². The standard InChI is InChI=1S/C33H36N4O3/c1-34(29-19-11-5-12-20-29)32(39)36(23-27-15-7-3-8-16-27)25-31(38)26-37(24-28-17-9-4-10-18-28)33(40)35(2)30-21-13-6-14-22-30/h3-22,31,38H,23-26H2,1-2H3. The molecule has 0 aliphatic carbocycles. The molecule has 0 aliphatic rings. The number of hydrogen-bond acceptors (Lipinski definition) is 3. The average molecular weight is 537 g/mol. The molecule has 1 N–H and O–H groups in total. The van der Waals surface area contributed by atoms with Crippen molar-refractivity contribution in [3.8, 4) is 0 Å². The van der Waals surface area contributed by atoms with Crippen LogP contribution in [0.2, 0.25) is 0 Å². The number of aliphatic hydroxyl groups excluding tert-OH is 1. The fourth-order valence-corrected chi connectivity index (χ4v) is 4.54. The van der Waals surface area contributed by atoms with E-state index < -0.39 is 6.10 Å². The first-order valence-electron chi connectivity index (χ1n) is 13.3. The molecule has 0 aliphatic heterocycles. The fourth-order valence-electron chi connectivity index (χ4n) is 4.54. The quantitative estimate of drug-likeness (QED) is 0.276. The Morgan fingerprint density at radius 1 is 0.550 bits per heavy atom. The number of carbonyl (C=O) groups is 2. The highest BCUT2D eigenvalue weighted by atomic mass is 16.3. The van der Waals surface area contributed by atoms with Crippen LogP contribution in [-0.2, 0) is 13.1 Å². The molecule has 0 spiro atoms. The number of aliphatic hydroxyl groups is 1. The van der Waals surface area contributed by atoms with Crippen LogP contribution < -0.4 is 9.80 Å². The summed E-state index contributed by atoms with van der Waals surface area (Å²) in [4.78, 5) is 33.7. The smallest absolute Gasteiger partial charge is 0.324 e. The molecule has 7 nitrogen and oxygen atoms in total. The van der Waals surface area contributed by atoms with Gasteiger partial charge in [0.25, 0.3) is 0 Å². The maximum Gasteiger partial charge on any atom is 0.324 e. The second kappa shape index (κ2) is 14.0. The summed E-state index contributed by atoms with van der Waals surface area (Å²) in [6.45, 7) is 0.756. The molecule has 0 unspecified atom stereocenters. The van der Waals surface area contributed by atoms with Crippen molar-refractivity contribution in [2.24, 2.45) is 0 Å². The van der Waals surface area contributed by atoms with Crippen molar-refractivity contribution in [1.82, 2.24) is 9.80 Å². The van der Waals surface area contributed by atoms with Gasteiger partial charge in [0.2, 0.25) is 0 Å². The highest BCUT2D eigenvalue weighted by molar-refractivity contribution is 5.92. The minimum Gasteiger partial charge on any atom is -0.389 e. The van der Waals surface area contributed by atoms with Crippen molar-refractivity contribution in [2.75, 3.05) is 37.0 Å². The zero-order chi connectivity index (χ0) is 28.3.